The molecule has 0 unspecified atom stereocenters. The van der Waals surface area contributed by atoms with Gasteiger partial charge in [-0.15, -0.1) is 0 Å². The summed E-state index contributed by atoms with van der Waals surface area (Å²) < 4.78 is 8.86. The molecule has 4 nitrogen and oxygen atoms in total. The molecule has 0 radical (unpaired) electrons. The standard InChI is InChI=1S/C16H22BrN3O/c1-5-20-11-14(10-19-20)21-15-7-6-13(17)8-12(15)9-18-16(2,3)4/h6-8,10-11,18H,5,9H2,1-4H3. The van der Waals surface area contributed by atoms with Crippen molar-refractivity contribution in [1.29, 1.82) is 0 Å². The van der Waals surface area contributed by atoms with Gasteiger partial charge in [0, 0.05) is 28.7 Å². The Morgan fingerprint density at radius 2 is 2.10 bits per heavy atom. The summed E-state index contributed by atoms with van der Waals surface area (Å²) in [6, 6.07) is 6.05. The maximum Gasteiger partial charge on any atom is 0.165 e. The third-order valence-electron chi connectivity index (χ3n) is 2.99. The van der Waals surface area contributed by atoms with E-state index >= 15 is 0 Å². The molecule has 0 spiro atoms. The van der Waals surface area contributed by atoms with Crippen LogP contribution in [0.25, 0.3) is 0 Å². The van der Waals surface area contributed by atoms with Gasteiger partial charge in [-0.25, -0.2) is 0 Å². The number of ether oxygens (including phenoxy) is 1. The number of aryl methyl sites for hydroxylation is 1. The molecular weight excluding hydrogens is 330 g/mol. The molecule has 2 aromatic rings. The Morgan fingerprint density at radius 3 is 2.71 bits per heavy atom. The first-order valence-corrected chi connectivity index (χ1v) is 7.90. The van der Waals surface area contributed by atoms with Gasteiger partial charge in [-0.2, -0.15) is 5.10 Å². The normalized spacial score (nSPS) is 11.7. The van der Waals surface area contributed by atoms with Crippen LogP contribution in [0.1, 0.15) is 33.3 Å². The highest BCUT2D eigenvalue weighted by Gasteiger charge is 2.12. The largest absolute Gasteiger partial charge is 0.454 e. The van der Waals surface area contributed by atoms with Crippen molar-refractivity contribution in [3.63, 3.8) is 0 Å². The fraction of sp³-hybridized carbons (Fsp3) is 0.438. The fourth-order valence-corrected chi connectivity index (χ4v) is 2.25. The van der Waals surface area contributed by atoms with E-state index in [1.54, 1.807) is 6.20 Å². The molecule has 0 saturated carbocycles. The molecule has 0 atom stereocenters. The summed E-state index contributed by atoms with van der Waals surface area (Å²) in [6.07, 6.45) is 3.65. The van der Waals surface area contributed by atoms with Crippen LogP contribution in [-0.4, -0.2) is 15.3 Å². The minimum atomic E-state index is 0.0622. The van der Waals surface area contributed by atoms with Crippen molar-refractivity contribution in [2.24, 2.45) is 0 Å². The fourth-order valence-electron chi connectivity index (χ4n) is 1.84. The van der Waals surface area contributed by atoms with Gasteiger partial charge in [0.1, 0.15) is 5.75 Å². The molecule has 1 heterocycles. The molecule has 1 N–H and O–H groups in total. The second kappa shape index (κ2) is 6.62. The van der Waals surface area contributed by atoms with E-state index in [2.05, 4.69) is 60.1 Å². The molecular formula is C16H22BrN3O. The summed E-state index contributed by atoms with van der Waals surface area (Å²) >= 11 is 3.52. The predicted octanol–water partition coefficient (Wildman–Crippen LogP) is 4.35. The van der Waals surface area contributed by atoms with Crippen molar-refractivity contribution in [2.45, 2.75) is 46.3 Å². The molecule has 0 aliphatic heterocycles. The summed E-state index contributed by atoms with van der Waals surface area (Å²) in [6.45, 7) is 10.1. The average Bonchev–Trinajstić information content (AvgIpc) is 2.86. The molecule has 0 saturated heterocycles. The first-order valence-electron chi connectivity index (χ1n) is 7.11. The van der Waals surface area contributed by atoms with Crippen molar-refractivity contribution < 1.29 is 4.74 Å². The Kier molecular flexibility index (Phi) is 5.06. The van der Waals surface area contributed by atoms with Gasteiger partial charge in [0.25, 0.3) is 0 Å². The summed E-state index contributed by atoms with van der Waals surface area (Å²) in [5.41, 5.74) is 1.18. The SMILES string of the molecule is CCn1cc(Oc2ccc(Br)cc2CNC(C)(C)C)cn1. The Hall–Kier alpha value is -1.33. The molecule has 0 fully saturated rings. The van der Waals surface area contributed by atoms with Crippen LogP contribution in [0.4, 0.5) is 0 Å². The minimum Gasteiger partial charge on any atom is -0.454 e. The van der Waals surface area contributed by atoms with Crippen LogP contribution < -0.4 is 10.1 Å². The lowest BCUT2D eigenvalue weighted by molar-refractivity contribution is 0.414. The summed E-state index contributed by atoms with van der Waals surface area (Å²) in [5.74, 6) is 1.61. The zero-order valence-electron chi connectivity index (χ0n) is 13.0. The third kappa shape index (κ3) is 4.86. The van der Waals surface area contributed by atoms with E-state index in [4.69, 9.17) is 4.74 Å². The molecule has 2 rings (SSSR count). The van der Waals surface area contributed by atoms with E-state index in [1.807, 2.05) is 23.0 Å². The second-order valence-corrected chi connectivity index (χ2v) is 6.91. The summed E-state index contributed by atoms with van der Waals surface area (Å²) in [5, 5.41) is 7.72. The maximum absolute atomic E-state index is 5.97. The zero-order valence-corrected chi connectivity index (χ0v) is 14.6. The van der Waals surface area contributed by atoms with Gasteiger partial charge in [0.15, 0.2) is 5.75 Å². The van der Waals surface area contributed by atoms with E-state index in [1.165, 1.54) is 0 Å². The van der Waals surface area contributed by atoms with Crippen LogP contribution in [0.3, 0.4) is 0 Å². The number of aromatic nitrogens is 2. The van der Waals surface area contributed by atoms with Crippen LogP contribution >= 0.6 is 15.9 Å². The predicted molar refractivity (Wildman–Crippen MR) is 88.7 cm³/mol. The Balaban J connectivity index is 2.17. The van der Waals surface area contributed by atoms with E-state index in [-0.39, 0.29) is 5.54 Å². The summed E-state index contributed by atoms with van der Waals surface area (Å²) in [4.78, 5) is 0. The Labute approximate surface area is 134 Å². The first-order chi connectivity index (χ1) is 9.87. The van der Waals surface area contributed by atoms with Crippen molar-refractivity contribution in [2.75, 3.05) is 0 Å². The van der Waals surface area contributed by atoms with Crippen LogP contribution in [0.2, 0.25) is 0 Å². The summed E-state index contributed by atoms with van der Waals surface area (Å²) in [7, 11) is 0. The number of hydrogen-bond donors (Lipinski definition) is 1. The van der Waals surface area contributed by atoms with Crippen molar-refractivity contribution >= 4 is 15.9 Å². The van der Waals surface area contributed by atoms with E-state index in [0.29, 0.717) is 0 Å². The monoisotopic (exact) mass is 351 g/mol. The van der Waals surface area contributed by atoms with Crippen LogP contribution in [0, 0.1) is 0 Å². The minimum absolute atomic E-state index is 0.0622. The number of nitrogens with one attached hydrogen (secondary N) is 1. The van der Waals surface area contributed by atoms with E-state index in [9.17, 15) is 0 Å². The number of benzene rings is 1. The lowest BCUT2D eigenvalue weighted by atomic mass is 10.1. The highest BCUT2D eigenvalue weighted by atomic mass is 79.9. The van der Waals surface area contributed by atoms with Crippen LogP contribution in [-0.2, 0) is 13.1 Å². The molecule has 1 aromatic carbocycles. The lowest BCUT2D eigenvalue weighted by Crippen LogP contribution is -2.35. The maximum atomic E-state index is 5.97. The van der Waals surface area contributed by atoms with E-state index < -0.39 is 0 Å². The molecule has 1 aromatic heterocycles. The average molecular weight is 352 g/mol. The quantitative estimate of drug-likeness (QED) is 0.870. The first kappa shape index (κ1) is 16.0. The number of nitrogens with zero attached hydrogens (tertiary/aromatic N) is 2. The van der Waals surface area contributed by atoms with Gasteiger partial charge < -0.3 is 10.1 Å². The third-order valence-corrected chi connectivity index (χ3v) is 3.49. The van der Waals surface area contributed by atoms with Crippen molar-refractivity contribution in [3.05, 3.63) is 40.6 Å². The number of rotatable bonds is 5. The zero-order chi connectivity index (χ0) is 15.5. The van der Waals surface area contributed by atoms with Crippen LogP contribution in [0.5, 0.6) is 11.5 Å². The van der Waals surface area contributed by atoms with Gasteiger partial charge in [-0.1, -0.05) is 15.9 Å². The van der Waals surface area contributed by atoms with Gasteiger partial charge >= 0.3 is 0 Å². The van der Waals surface area contributed by atoms with Gasteiger partial charge in [-0.3, -0.25) is 4.68 Å². The topological polar surface area (TPSA) is 39.1 Å². The molecule has 0 aliphatic carbocycles. The van der Waals surface area contributed by atoms with Crippen molar-refractivity contribution in [1.82, 2.24) is 15.1 Å². The highest BCUT2D eigenvalue weighted by Crippen LogP contribution is 2.28. The van der Waals surface area contributed by atoms with Crippen LogP contribution in [0.15, 0.2) is 35.1 Å². The highest BCUT2D eigenvalue weighted by molar-refractivity contribution is 9.10. The number of halogens is 1. The molecule has 0 bridgehead atoms. The molecule has 0 amide bonds. The van der Waals surface area contributed by atoms with Gasteiger partial charge in [-0.05, 0) is 45.9 Å². The molecule has 21 heavy (non-hydrogen) atoms. The van der Waals surface area contributed by atoms with E-state index in [0.717, 1.165) is 34.6 Å². The molecule has 0 aliphatic rings. The van der Waals surface area contributed by atoms with Gasteiger partial charge in [0.05, 0.1) is 12.4 Å². The van der Waals surface area contributed by atoms with Crippen molar-refractivity contribution in [3.8, 4) is 11.5 Å². The van der Waals surface area contributed by atoms with Gasteiger partial charge in [0.2, 0.25) is 0 Å². The number of hydrogen-bond acceptors (Lipinski definition) is 3. The molecule has 5 heteroatoms. The Morgan fingerprint density at radius 1 is 1.33 bits per heavy atom. The lowest BCUT2D eigenvalue weighted by Gasteiger charge is -2.21. The molecule has 114 valence electrons. The second-order valence-electron chi connectivity index (χ2n) is 5.99. The Bertz CT molecular complexity index is 602. The smallest absolute Gasteiger partial charge is 0.165 e.